The van der Waals surface area contributed by atoms with E-state index in [-0.39, 0.29) is 5.69 Å². The van der Waals surface area contributed by atoms with E-state index in [1.165, 1.54) is 12.1 Å². The molecule has 0 unspecified atom stereocenters. The molecule has 1 aromatic carbocycles. The average Bonchev–Trinajstić information content (AvgIpc) is 2.42. The summed E-state index contributed by atoms with van der Waals surface area (Å²) in [5.74, 6) is 0. The van der Waals surface area contributed by atoms with Gasteiger partial charge in [0.25, 0.3) is 5.69 Å². The van der Waals surface area contributed by atoms with Crippen LogP contribution in [-0.4, -0.2) is 9.49 Å². The molecule has 4 nitrogen and oxygen atoms in total. The highest BCUT2D eigenvalue weighted by Crippen LogP contribution is 2.28. The Morgan fingerprint density at radius 2 is 2.21 bits per heavy atom. The molecule has 1 aromatic heterocycles. The number of halogens is 1. The van der Waals surface area contributed by atoms with Crippen molar-refractivity contribution in [3.63, 3.8) is 0 Å². The second kappa shape index (κ2) is 2.99. The minimum atomic E-state index is -0.428. The third-order valence-electron chi connectivity index (χ3n) is 2.14. The van der Waals surface area contributed by atoms with E-state index in [9.17, 15) is 10.1 Å². The van der Waals surface area contributed by atoms with Crippen LogP contribution in [0.25, 0.3) is 10.9 Å². The van der Waals surface area contributed by atoms with Crippen LogP contribution >= 0.6 is 11.6 Å². The van der Waals surface area contributed by atoms with Crippen molar-refractivity contribution in [1.29, 1.82) is 0 Å². The predicted molar refractivity (Wildman–Crippen MR) is 54.6 cm³/mol. The van der Waals surface area contributed by atoms with Gasteiger partial charge in [-0.2, -0.15) is 0 Å². The highest BCUT2D eigenvalue weighted by Gasteiger charge is 2.10. The third-order valence-corrected chi connectivity index (χ3v) is 2.44. The number of benzene rings is 1. The van der Waals surface area contributed by atoms with Crippen molar-refractivity contribution >= 4 is 28.2 Å². The molecule has 0 N–H and O–H groups in total. The number of non-ortho nitro benzene ring substituents is 1. The average molecular weight is 211 g/mol. The summed E-state index contributed by atoms with van der Waals surface area (Å²) in [4.78, 5) is 10.1. The fraction of sp³-hybridized carbons (Fsp3) is 0.111. The molecule has 0 aliphatic heterocycles. The Kier molecular flexibility index (Phi) is 1.93. The topological polar surface area (TPSA) is 48.1 Å². The summed E-state index contributed by atoms with van der Waals surface area (Å²) in [6.45, 7) is 0. The SMILES string of the molecule is Cn1cc(Cl)c2cc([N+](=O)[O-])ccc21. The van der Waals surface area contributed by atoms with Crippen molar-refractivity contribution in [2.75, 3.05) is 0 Å². The van der Waals surface area contributed by atoms with Gasteiger partial charge in [-0.15, -0.1) is 0 Å². The molecule has 0 radical (unpaired) electrons. The molecule has 0 atom stereocenters. The Labute approximate surface area is 84.9 Å². The number of rotatable bonds is 1. The van der Waals surface area contributed by atoms with Gasteiger partial charge in [0.2, 0.25) is 0 Å². The van der Waals surface area contributed by atoms with E-state index in [4.69, 9.17) is 11.6 Å². The fourth-order valence-corrected chi connectivity index (χ4v) is 1.74. The molecule has 0 saturated heterocycles. The smallest absolute Gasteiger partial charge is 0.270 e. The number of hydrogen-bond acceptors (Lipinski definition) is 2. The Morgan fingerprint density at radius 1 is 1.50 bits per heavy atom. The standard InChI is InChI=1S/C9H7ClN2O2/c1-11-5-8(10)7-4-6(12(13)14)2-3-9(7)11/h2-5H,1H3. The molecule has 0 amide bonds. The van der Waals surface area contributed by atoms with Gasteiger partial charge in [0.1, 0.15) is 0 Å². The molecule has 2 aromatic rings. The number of nitro benzene ring substituents is 1. The molecule has 0 bridgehead atoms. The lowest BCUT2D eigenvalue weighted by Crippen LogP contribution is -1.88. The zero-order valence-electron chi connectivity index (χ0n) is 7.40. The van der Waals surface area contributed by atoms with Crippen LogP contribution in [0.3, 0.4) is 0 Å². The molecule has 0 saturated carbocycles. The zero-order chi connectivity index (χ0) is 10.3. The maximum atomic E-state index is 10.5. The van der Waals surface area contributed by atoms with Crippen molar-refractivity contribution in [2.45, 2.75) is 0 Å². The van der Waals surface area contributed by atoms with Crippen molar-refractivity contribution in [3.8, 4) is 0 Å². The molecule has 1 heterocycles. The molecule has 0 aliphatic carbocycles. The van der Waals surface area contributed by atoms with E-state index in [0.29, 0.717) is 10.4 Å². The van der Waals surface area contributed by atoms with E-state index < -0.39 is 4.92 Å². The summed E-state index contributed by atoms with van der Waals surface area (Å²) in [6.07, 6.45) is 1.73. The Hall–Kier alpha value is -1.55. The van der Waals surface area contributed by atoms with E-state index in [2.05, 4.69) is 0 Å². The predicted octanol–water partition coefficient (Wildman–Crippen LogP) is 2.74. The second-order valence-corrected chi connectivity index (χ2v) is 3.45. The van der Waals surface area contributed by atoms with Gasteiger partial charge in [0.15, 0.2) is 0 Å². The van der Waals surface area contributed by atoms with Crippen molar-refractivity contribution in [2.24, 2.45) is 7.05 Å². The molecule has 0 aliphatic rings. The van der Waals surface area contributed by atoms with Gasteiger partial charge in [0.05, 0.1) is 9.95 Å². The zero-order valence-corrected chi connectivity index (χ0v) is 8.15. The van der Waals surface area contributed by atoms with E-state index >= 15 is 0 Å². The van der Waals surface area contributed by atoms with Crippen LogP contribution in [0.5, 0.6) is 0 Å². The van der Waals surface area contributed by atoms with Crippen molar-refractivity contribution in [3.05, 3.63) is 39.5 Å². The maximum absolute atomic E-state index is 10.5. The molecule has 14 heavy (non-hydrogen) atoms. The molecule has 72 valence electrons. The van der Waals surface area contributed by atoms with Crippen molar-refractivity contribution in [1.82, 2.24) is 4.57 Å². The normalized spacial score (nSPS) is 10.7. The number of hydrogen-bond donors (Lipinski definition) is 0. The van der Waals surface area contributed by atoms with Crippen LogP contribution in [0.1, 0.15) is 0 Å². The van der Waals surface area contributed by atoms with Gasteiger partial charge in [-0.1, -0.05) is 11.6 Å². The Bertz CT molecular complexity index is 519. The minimum absolute atomic E-state index is 0.0607. The lowest BCUT2D eigenvalue weighted by molar-refractivity contribution is -0.384. The largest absolute Gasteiger partial charge is 0.349 e. The quantitative estimate of drug-likeness (QED) is 0.537. The lowest BCUT2D eigenvalue weighted by Gasteiger charge is -1.95. The molecule has 5 heteroatoms. The first-order chi connectivity index (χ1) is 6.59. The number of fused-ring (bicyclic) bond motifs is 1. The van der Waals surface area contributed by atoms with Gasteiger partial charge >= 0.3 is 0 Å². The minimum Gasteiger partial charge on any atom is -0.349 e. The van der Waals surface area contributed by atoms with Crippen LogP contribution in [0.4, 0.5) is 5.69 Å². The van der Waals surface area contributed by atoms with Gasteiger partial charge in [0, 0.05) is 36.3 Å². The molecule has 0 spiro atoms. The van der Waals surface area contributed by atoms with Crippen LogP contribution in [0.2, 0.25) is 5.02 Å². The molecular weight excluding hydrogens is 204 g/mol. The van der Waals surface area contributed by atoms with Crippen LogP contribution in [-0.2, 0) is 7.05 Å². The van der Waals surface area contributed by atoms with Crippen LogP contribution in [0.15, 0.2) is 24.4 Å². The number of aryl methyl sites for hydroxylation is 1. The van der Waals surface area contributed by atoms with E-state index in [1.54, 1.807) is 12.3 Å². The van der Waals surface area contributed by atoms with Gasteiger partial charge in [-0.05, 0) is 6.07 Å². The van der Waals surface area contributed by atoms with Crippen molar-refractivity contribution < 1.29 is 4.92 Å². The summed E-state index contributed by atoms with van der Waals surface area (Å²) in [6, 6.07) is 4.65. The van der Waals surface area contributed by atoms with Crippen LogP contribution in [0, 0.1) is 10.1 Å². The lowest BCUT2D eigenvalue weighted by atomic mass is 10.2. The summed E-state index contributed by atoms with van der Waals surface area (Å²) in [7, 11) is 1.85. The maximum Gasteiger partial charge on any atom is 0.270 e. The van der Waals surface area contributed by atoms with E-state index in [0.717, 1.165) is 5.52 Å². The molecular formula is C9H7ClN2O2. The van der Waals surface area contributed by atoms with E-state index in [1.807, 2.05) is 11.6 Å². The third kappa shape index (κ3) is 1.24. The van der Waals surface area contributed by atoms with Gasteiger partial charge < -0.3 is 4.57 Å². The summed E-state index contributed by atoms with van der Waals surface area (Å²) in [5.41, 5.74) is 0.950. The first-order valence-corrected chi connectivity index (χ1v) is 4.36. The highest BCUT2D eigenvalue weighted by atomic mass is 35.5. The second-order valence-electron chi connectivity index (χ2n) is 3.05. The van der Waals surface area contributed by atoms with Gasteiger partial charge in [-0.25, -0.2) is 0 Å². The van der Waals surface area contributed by atoms with Gasteiger partial charge in [-0.3, -0.25) is 10.1 Å². The summed E-state index contributed by atoms with van der Waals surface area (Å²) < 4.78 is 1.83. The highest BCUT2D eigenvalue weighted by molar-refractivity contribution is 6.35. The molecule has 0 fully saturated rings. The Balaban J connectivity index is 2.77. The van der Waals surface area contributed by atoms with Crippen LogP contribution < -0.4 is 0 Å². The summed E-state index contributed by atoms with van der Waals surface area (Å²) in [5, 5.41) is 11.8. The first kappa shape index (κ1) is 9.02. The molecule has 2 rings (SSSR count). The first-order valence-electron chi connectivity index (χ1n) is 3.98. The fourth-order valence-electron chi connectivity index (χ4n) is 1.45. The number of nitrogens with zero attached hydrogens (tertiary/aromatic N) is 2. The number of aromatic nitrogens is 1. The Morgan fingerprint density at radius 3 is 2.86 bits per heavy atom. The summed E-state index contributed by atoms with van der Waals surface area (Å²) >= 11 is 5.91. The number of nitro groups is 1. The monoisotopic (exact) mass is 210 g/mol.